The first kappa shape index (κ1) is 9.99. The van der Waals surface area contributed by atoms with Gasteiger partial charge in [0.05, 0.1) is 0 Å². The summed E-state index contributed by atoms with van der Waals surface area (Å²) in [5, 5.41) is 1.87. The highest BCUT2D eigenvalue weighted by Gasteiger charge is 1.99. The maximum Gasteiger partial charge on any atom is 0.0286 e. The molecular weight excluding hydrogens is 383 g/mol. The van der Waals surface area contributed by atoms with Gasteiger partial charge in [-0.1, -0.05) is 37.9 Å². The zero-order chi connectivity index (χ0) is 8.27. The molecule has 0 aliphatic heterocycles. The van der Waals surface area contributed by atoms with E-state index in [0.717, 1.165) is 10.7 Å². The summed E-state index contributed by atoms with van der Waals surface area (Å²) in [6.07, 6.45) is 0. The minimum absolute atomic E-state index is 0.935. The molecular formula is C8H7Br2I. The Morgan fingerprint density at radius 1 is 1.09 bits per heavy atom. The quantitative estimate of drug-likeness (QED) is 0.528. The van der Waals surface area contributed by atoms with Crippen LogP contribution in [0.4, 0.5) is 0 Å². The van der Waals surface area contributed by atoms with Crippen LogP contribution in [0.5, 0.6) is 0 Å². The first-order valence-corrected chi connectivity index (χ1v) is 6.49. The molecule has 11 heavy (non-hydrogen) atoms. The normalized spacial score (nSPS) is 10.1. The summed E-state index contributed by atoms with van der Waals surface area (Å²) in [6, 6.07) is 6.49. The van der Waals surface area contributed by atoms with Crippen LogP contribution < -0.4 is 0 Å². The average Bonchev–Trinajstić information content (AvgIpc) is 2.04. The van der Waals surface area contributed by atoms with Gasteiger partial charge < -0.3 is 0 Å². The van der Waals surface area contributed by atoms with Gasteiger partial charge in [0.15, 0.2) is 0 Å². The lowest BCUT2D eigenvalue weighted by Gasteiger charge is -2.03. The van der Waals surface area contributed by atoms with Crippen LogP contribution in [-0.2, 0) is 10.7 Å². The fourth-order valence-electron chi connectivity index (χ4n) is 0.849. The molecule has 0 saturated heterocycles. The summed E-state index contributed by atoms with van der Waals surface area (Å²) in [4.78, 5) is 0. The van der Waals surface area contributed by atoms with Crippen molar-refractivity contribution in [2.45, 2.75) is 10.7 Å². The van der Waals surface area contributed by atoms with E-state index in [9.17, 15) is 0 Å². The molecule has 60 valence electrons. The van der Waals surface area contributed by atoms with E-state index in [0.29, 0.717) is 0 Å². The summed E-state index contributed by atoms with van der Waals surface area (Å²) < 4.78 is 1.29. The molecule has 0 radical (unpaired) electrons. The van der Waals surface area contributed by atoms with E-state index in [1.165, 1.54) is 14.7 Å². The number of hydrogen-bond donors (Lipinski definition) is 0. The van der Waals surface area contributed by atoms with Gasteiger partial charge in [-0.05, 0) is 45.9 Å². The van der Waals surface area contributed by atoms with Crippen molar-refractivity contribution in [3.8, 4) is 0 Å². The molecule has 0 aliphatic carbocycles. The molecule has 0 fully saturated rings. The van der Waals surface area contributed by atoms with Gasteiger partial charge in [0, 0.05) is 14.2 Å². The van der Waals surface area contributed by atoms with Crippen molar-refractivity contribution in [1.82, 2.24) is 0 Å². The lowest BCUT2D eigenvalue weighted by molar-refractivity contribution is 1.29. The first-order chi connectivity index (χ1) is 5.27. The topological polar surface area (TPSA) is 0 Å². The summed E-state index contributed by atoms with van der Waals surface area (Å²) in [5.41, 5.74) is 2.73. The highest BCUT2D eigenvalue weighted by molar-refractivity contribution is 14.1. The molecule has 0 aliphatic rings. The molecule has 1 rings (SSSR count). The zero-order valence-electron chi connectivity index (χ0n) is 5.78. The Labute approximate surface area is 97.2 Å². The molecule has 3 heteroatoms. The first-order valence-electron chi connectivity index (χ1n) is 3.17. The Balaban J connectivity index is 3.06. The molecule has 0 nitrogen and oxygen atoms in total. The van der Waals surface area contributed by atoms with Crippen molar-refractivity contribution in [2.75, 3.05) is 0 Å². The van der Waals surface area contributed by atoms with Gasteiger partial charge in [-0.25, -0.2) is 0 Å². The van der Waals surface area contributed by atoms with E-state index in [4.69, 9.17) is 0 Å². The van der Waals surface area contributed by atoms with Crippen LogP contribution in [0, 0.1) is 3.57 Å². The van der Waals surface area contributed by atoms with Crippen LogP contribution in [0.1, 0.15) is 11.1 Å². The number of hydrogen-bond acceptors (Lipinski definition) is 0. The lowest BCUT2D eigenvalue weighted by Crippen LogP contribution is -1.87. The van der Waals surface area contributed by atoms with Gasteiger partial charge in [0.2, 0.25) is 0 Å². The molecule has 0 aromatic heterocycles. The average molecular weight is 390 g/mol. The number of halogens is 3. The Morgan fingerprint density at radius 2 is 1.73 bits per heavy atom. The highest BCUT2D eigenvalue weighted by atomic mass is 127. The van der Waals surface area contributed by atoms with Crippen LogP contribution in [0.15, 0.2) is 18.2 Å². The van der Waals surface area contributed by atoms with E-state index < -0.39 is 0 Å². The summed E-state index contributed by atoms with van der Waals surface area (Å²) >= 11 is 9.24. The van der Waals surface area contributed by atoms with Crippen molar-refractivity contribution in [3.05, 3.63) is 32.9 Å². The van der Waals surface area contributed by atoms with Crippen LogP contribution in [0.3, 0.4) is 0 Å². The standard InChI is InChI=1S/C8H7Br2I/c9-4-6-1-2-8(11)3-7(6)5-10/h1-3H,4-5H2. The van der Waals surface area contributed by atoms with Crippen molar-refractivity contribution < 1.29 is 0 Å². The molecule has 0 amide bonds. The van der Waals surface area contributed by atoms with E-state index in [2.05, 4.69) is 72.6 Å². The molecule has 0 bridgehead atoms. The fraction of sp³-hybridized carbons (Fsp3) is 0.250. The smallest absolute Gasteiger partial charge is 0.0286 e. The predicted octanol–water partition coefficient (Wildman–Crippen LogP) is 4.08. The third kappa shape index (κ3) is 2.70. The summed E-state index contributed by atoms with van der Waals surface area (Å²) in [5.74, 6) is 0. The Bertz CT molecular complexity index is 248. The van der Waals surface area contributed by atoms with Gasteiger partial charge in [-0.3, -0.25) is 0 Å². The van der Waals surface area contributed by atoms with Crippen LogP contribution in [0.2, 0.25) is 0 Å². The van der Waals surface area contributed by atoms with Gasteiger partial charge in [0.25, 0.3) is 0 Å². The predicted molar refractivity (Wildman–Crippen MR) is 64.4 cm³/mol. The second-order valence-electron chi connectivity index (χ2n) is 2.18. The minimum Gasteiger partial charge on any atom is -0.0876 e. The zero-order valence-corrected chi connectivity index (χ0v) is 11.1. The number of benzene rings is 1. The third-order valence-electron chi connectivity index (χ3n) is 1.46. The molecule has 0 N–H and O–H groups in total. The van der Waals surface area contributed by atoms with Crippen molar-refractivity contribution >= 4 is 54.5 Å². The number of alkyl halides is 2. The molecule has 1 aromatic rings. The van der Waals surface area contributed by atoms with Gasteiger partial charge in [0.1, 0.15) is 0 Å². The Hall–Kier alpha value is 0.910. The molecule has 1 aromatic carbocycles. The van der Waals surface area contributed by atoms with Crippen LogP contribution >= 0.6 is 54.5 Å². The van der Waals surface area contributed by atoms with E-state index in [1.54, 1.807) is 0 Å². The Kier molecular flexibility index (Phi) is 4.38. The summed E-state index contributed by atoms with van der Waals surface area (Å²) in [6.45, 7) is 0. The number of rotatable bonds is 2. The lowest BCUT2D eigenvalue weighted by atomic mass is 10.1. The van der Waals surface area contributed by atoms with E-state index in [-0.39, 0.29) is 0 Å². The van der Waals surface area contributed by atoms with E-state index >= 15 is 0 Å². The van der Waals surface area contributed by atoms with Crippen molar-refractivity contribution in [1.29, 1.82) is 0 Å². The van der Waals surface area contributed by atoms with Crippen LogP contribution in [-0.4, -0.2) is 0 Å². The minimum atomic E-state index is 0.935. The van der Waals surface area contributed by atoms with Crippen molar-refractivity contribution in [2.24, 2.45) is 0 Å². The van der Waals surface area contributed by atoms with Crippen molar-refractivity contribution in [3.63, 3.8) is 0 Å². The second-order valence-corrected chi connectivity index (χ2v) is 4.55. The fourth-order valence-corrected chi connectivity index (χ4v) is 2.47. The molecule has 0 spiro atoms. The monoisotopic (exact) mass is 388 g/mol. The van der Waals surface area contributed by atoms with Crippen LogP contribution in [0.25, 0.3) is 0 Å². The van der Waals surface area contributed by atoms with Gasteiger partial charge in [-0.15, -0.1) is 0 Å². The maximum absolute atomic E-state index is 3.46. The molecule has 0 saturated carbocycles. The SMILES string of the molecule is BrCc1ccc(I)cc1CBr. The highest BCUT2D eigenvalue weighted by Crippen LogP contribution is 2.18. The Morgan fingerprint density at radius 3 is 2.27 bits per heavy atom. The molecule has 0 unspecified atom stereocenters. The largest absolute Gasteiger partial charge is 0.0876 e. The third-order valence-corrected chi connectivity index (χ3v) is 3.34. The maximum atomic E-state index is 3.46. The molecule has 0 heterocycles. The summed E-state index contributed by atoms with van der Waals surface area (Å²) in [7, 11) is 0. The second kappa shape index (κ2) is 4.82. The van der Waals surface area contributed by atoms with Gasteiger partial charge >= 0.3 is 0 Å². The molecule has 0 atom stereocenters. The van der Waals surface area contributed by atoms with E-state index in [1.807, 2.05) is 0 Å². The van der Waals surface area contributed by atoms with Gasteiger partial charge in [-0.2, -0.15) is 0 Å².